The molecule has 36 heavy (non-hydrogen) atoms. The summed E-state index contributed by atoms with van der Waals surface area (Å²) in [7, 11) is 3.26. The number of phenolic OH excluding ortho intramolecular Hbond substituents is 1. The Kier molecular flexibility index (Phi) is 5.46. The number of carbonyl (C=O) groups is 2. The van der Waals surface area contributed by atoms with E-state index in [1.165, 1.54) is 6.07 Å². The molecule has 2 unspecified atom stereocenters. The van der Waals surface area contributed by atoms with Crippen LogP contribution in [-0.4, -0.2) is 75.8 Å². The average Bonchev–Trinajstić information content (AvgIpc) is 3.32. The fraction of sp³-hybridized carbons (Fsp3) is 0.462. The number of phenols is 1. The molecule has 1 aliphatic heterocycles. The van der Waals surface area contributed by atoms with Crippen molar-refractivity contribution in [2.24, 2.45) is 17.6 Å². The molecule has 0 saturated carbocycles. The number of rotatable bonds is 3. The van der Waals surface area contributed by atoms with E-state index >= 15 is 4.39 Å². The Hall–Kier alpha value is -3.37. The zero-order chi connectivity index (χ0) is 26.3. The number of Topliss-reactive ketones (excluding diaryl/α,β-unsaturated/α-hetero) is 1. The van der Waals surface area contributed by atoms with Gasteiger partial charge in [-0.1, -0.05) is 6.58 Å². The van der Waals surface area contributed by atoms with Gasteiger partial charge in [-0.05, 0) is 45.7 Å². The fourth-order valence-corrected chi connectivity index (χ4v) is 6.63. The lowest BCUT2D eigenvalue weighted by Crippen LogP contribution is -2.60. The van der Waals surface area contributed by atoms with Gasteiger partial charge in [-0.25, -0.2) is 4.39 Å². The van der Waals surface area contributed by atoms with Gasteiger partial charge in [0.1, 0.15) is 17.3 Å². The molecule has 1 heterocycles. The Morgan fingerprint density at radius 2 is 1.89 bits per heavy atom. The van der Waals surface area contributed by atoms with Crippen LogP contribution in [0.15, 0.2) is 40.9 Å². The van der Waals surface area contributed by atoms with Gasteiger partial charge < -0.3 is 31.1 Å². The van der Waals surface area contributed by atoms with Gasteiger partial charge >= 0.3 is 0 Å². The first kappa shape index (κ1) is 24.3. The van der Waals surface area contributed by atoms with Gasteiger partial charge in [-0.15, -0.1) is 0 Å². The van der Waals surface area contributed by atoms with Gasteiger partial charge in [0.05, 0.1) is 22.9 Å². The number of carbonyl (C=O) groups excluding carboxylic acids is 2. The van der Waals surface area contributed by atoms with Gasteiger partial charge in [0, 0.05) is 41.8 Å². The summed E-state index contributed by atoms with van der Waals surface area (Å²) in [6.45, 7) is 5.05. The van der Waals surface area contributed by atoms with E-state index in [9.17, 15) is 30.0 Å². The second kappa shape index (κ2) is 8.07. The number of hydrogen-bond acceptors (Lipinski definition) is 8. The van der Waals surface area contributed by atoms with Gasteiger partial charge in [-0.2, -0.15) is 0 Å². The molecule has 3 aliphatic carbocycles. The van der Waals surface area contributed by atoms with Crippen LogP contribution < -0.4 is 10.6 Å². The summed E-state index contributed by atoms with van der Waals surface area (Å²) in [5.74, 6) is -5.50. The molecule has 9 nitrogen and oxygen atoms in total. The third-order valence-electron chi connectivity index (χ3n) is 8.27. The number of benzene rings is 1. The minimum Gasteiger partial charge on any atom is -0.510 e. The number of aliphatic hydroxyl groups is 3. The Morgan fingerprint density at radius 1 is 1.25 bits per heavy atom. The summed E-state index contributed by atoms with van der Waals surface area (Å²) in [4.78, 5) is 29.2. The topological polar surface area (TPSA) is 148 Å². The number of fused-ring (bicyclic) bond motifs is 3. The van der Waals surface area contributed by atoms with Crippen molar-refractivity contribution in [2.75, 3.05) is 32.1 Å². The number of aromatic hydroxyl groups is 1. The molecule has 1 aromatic rings. The lowest BCUT2D eigenvalue weighted by Gasteiger charge is -2.52. The number of allylic oxidation sites excluding steroid dienone is 1. The minimum atomic E-state index is -2.27. The Labute approximate surface area is 207 Å². The molecule has 4 atom stereocenters. The van der Waals surface area contributed by atoms with Gasteiger partial charge in [0.15, 0.2) is 17.2 Å². The summed E-state index contributed by atoms with van der Waals surface area (Å²) >= 11 is 0. The zero-order valence-electron chi connectivity index (χ0n) is 20.2. The Balaban J connectivity index is 1.69. The number of aliphatic hydroxyl groups excluding tert-OH is 2. The summed E-state index contributed by atoms with van der Waals surface area (Å²) in [6, 6.07) is 0.306. The maximum atomic E-state index is 15.7. The summed E-state index contributed by atoms with van der Waals surface area (Å²) in [5, 5.41) is 44.9. The van der Waals surface area contributed by atoms with E-state index in [1.54, 1.807) is 19.0 Å². The SMILES string of the molecule is C=C1C(C(N)=O)=C(O)[C@@H](N(C)C)C2CC3Cc4c(F)c(N5CCCC5)cc(O)c4C(=O)C3=C(O)[C@]12O. The molecule has 0 radical (unpaired) electrons. The summed E-state index contributed by atoms with van der Waals surface area (Å²) < 4.78 is 15.7. The van der Waals surface area contributed by atoms with Crippen LogP contribution in [-0.2, 0) is 11.2 Å². The lowest BCUT2D eigenvalue weighted by atomic mass is 9.57. The van der Waals surface area contributed by atoms with Crippen LogP contribution in [0.4, 0.5) is 10.1 Å². The maximum Gasteiger partial charge on any atom is 0.252 e. The Morgan fingerprint density at radius 3 is 2.47 bits per heavy atom. The molecule has 1 amide bonds. The molecule has 1 fully saturated rings. The highest BCUT2D eigenvalue weighted by Gasteiger charge is 2.60. The monoisotopic (exact) mass is 499 g/mol. The largest absolute Gasteiger partial charge is 0.510 e. The van der Waals surface area contributed by atoms with E-state index in [4.69, 9.17) is 5.73 Å². The molecule has 0 spiro atoms. The first-order valence-electron chi connectivity index (χ1n) is 12.0. The van der Waals surface area contributed by atoms with Crippen molar-refractivity contribution in [3.63, 3.8) is 0 Å². The van der Waals surface area contributed by atoms with Crippen LogP contribution in [0.5, 0.6) is 5.75 Å². The normalized spacial score (nSPS) is 30.0. The molecule has 6 N–H and O–H groups in total. The molecule has 0 bridgehead atoms. The summed E-state index contributed by atoms with van der Waals surface area (Å²) in [6.07, 6.45) is 1.89. The lowest BCUT2D eigenvalue weighted by molar-refractivity contribution is -0.115. The highest BCUT2D eigenvalue weighted by atomic mass is 19.1. The number of ketones is 1. The number of anilines is 1. The molecule has 1 aromatic carbocycles. The third-order valence-corrected chi connectivity index (χ3v) is 8.27. The number of nitrogens with two attached hydrogens (primary N) is 1. The van der Waals surface area contributed by atoms with E-state index in [0.717, 1.165) is 12.8 Å². The molecular weight excluding hydrogens is 469 g/mol. The van der Waals surface area contributed by atoms with E-state index in [2.05, 4.69) is 6.58 Å². The van der Waals surface area contributed by atoms with Gasteiger partial charge in [0.2, 0.25) is 0 Å². The van der Waals surface area contributed by atoms with Crippen LogP contribution >= 0.6 is 0 Å². The van der Waals surface area contributed by atoms with E-state index in [0.29, 0.717) is 13.1 Å². The Bertz CT molecular complexity index is 1280. The highest BCUT2D eigenvalue weighted by Crippen LogP contribution is 2.55. The number of halogens is 1. The second-order valence-corrected chi connectivity index (χ2v) is 10.4. The zero-order valence-corrected chi connectivity index (χ0v) is 20.2. The summed E-state index contributed by atoms with van der Waals surface area (Å²) in [5.41, 5.74) is 2.39. The molecular formula is C26H30FN3O6. The van der Waals surface area contributed by atoms with E-state index < -0.39 is 58.1 Å². The number of primary amides is 1. The number of likely N-dealkylation sites (N-methyl/N-ethyl adjacent to an activating group) is 1. The third kappa shape index (κ3) is 3.07. The minimum absolute atomic E-state index is 0.00783. The molecule has 4 aliphatic rings. The van der Waals surface area contributed by atoms with Gasteiger partial charge in [-0.3, -0.25) is 14.5 Å². The van der Waals surface area contributed by atoms with Crippen molar-refractivity contribution in [1.29, 1.82) is 0 Å². The van der Waals surface area contributed by atoms with E-state index in [1.807, 2.05) is 4.90 Å². The molecule has 192 valence electrons. The van der Waals surface area contributed by atoms with Crippen LogP contribution in [0.1, 0.15) is 35.2 Å². The smallest absolute Gasteiger partial charge is 0.252 e. The molecule has 1 saturated heterocycles. The van der Waals surface area contributed by atoms with Crippen LogP contribution in [0.3, 0.4) is 0 Å². The van der Waals surface area contributed by atoms with Gasteiger partial charge in [0.25, 0.3) is 5.91 Å². The average molecular weight is 500 g/mol. The molecule has 5 rings (SSSR count). The standard InChI is InChI=1S/C26H30FN3O6/c1-11-17(25(28)35)23(33)21(29(2)3)14-9-12-8-13-19(22(32)18(12)24(34)26(11,14)36)16(31)10-15(20(13)27)30-6-4-5-7-30/h10,12,14,21,31,33-34,36H,1,4-9H2,2-3H3,(H2,28,35)/t12?,14?,21-,26-/m0/s1. The van der Waals surface area contributed by atoms with Crippen molar-refractivity contribution < 1.29 is 34.4 Å². The quantitative estimate of drug-likeness (QED) is 0.423. The van der Waals surface area contributed by atoms with Crippen LogP contribution in [0, 0.1) is 17.7 Å². The van der Waals surface area contributed by atoms with E-state index in [-0.39, 0.29) is 46.6 Å². The van der Waals surface area contributed by atoms with Crippen molar-refractivity contribution in [3.8, 4) is 5.75 Å². The number of amides is 1. The predicted molar refractivity (Wildman–Crippen MR) is 129 cm³/mol. The first-order chi connectivity index (χ1) is 16.9. The molecule has 10 heteroatoms. The number of hydrogen-bond donors (Lipinski definition) is 5. The van der Waals surface area contributed by atoms with Crippen molar-refractivity contribution in [1.82, 2.24) is 4.90 Å². The highest BCUT2D eigenvalue weighted by molar-refractivity contribution is 6.14. The van der Waals surface area contributed by atoms with Crippen LogP contribution in [0.2, 0.25) is 0 Å². The second-order valence-electron chi connectivity index (χ2n) is 10.4. The van der Waals surface area contributed by atoms with Crippen molar-refractivity contribution >= 4 is 17.4 Å². The first-order valence-corrected chi connectivity index (χ1v) is 12.0. The number of nitrogens with zero attached hydrogens (tertiary/aromatic N) is 2. The maximum absolute atomic E-state index is 15.7. The molecule has 0 aromatic heterocycles. The van der Waals surface area contributed by atoms with Crippen molar-refractivity contribution in [3.05, 3.63) is 57.8 Å². The van der Waals surface area contributed by atoms with Crippen molar-refractivity contribution in [2.45, 2.75) is 37.3 Å². The van der Waals surface area contributed by atoms with Crippen LogP contribution in [0.25, 0.3) is 0 Å². The predicted octanol–water partition coefficient (Wildman–Crippen LogP) is 1.85. The fourth-order valence-electron chi connectivity index (χ4n) is 6.63.